The first kappa shape index (κ1) is 12.1. The highest BCUT2D eigenvalue weighted by atomic mass is 19.1. The van der Waals surface area contributed by atoms with Crippen molar-refractivity contribution in [3.8, 4) is 0 Å². The fourth-order valence-corrected chi connectivity index (χ4v) is 1.12. The minimum Gasteiger partial charge on any atom is -0.481 e. The normalized spacial score (nSPS) is 11.9. The van der Waals surface area contributed by atoms with E-state index in [2.05, 4.69) is 10.3 Å². The maximum absolute atomic E-state index is 12.5. The van der Waals surface area contributed by atoms with E-state index in [1.54, 1.807) is 6.92 Å². The number of aliphatic carboxylic acids is 1. The summed E-state index contributed by atoms with van der Waals surface area (Å²) in [5, 5.41) is 10.9. The minimum atomic E-state index is -1.00. The van der Waals surface area contributed by atoms with Gasteiger partial charge in [-0.3, -0.25) is 9.59 Å². The predicted molar refractivity (Wildman–Crippen MR) is 53.4 cm³/mol. The van der Waals surface area contributed by atoms with Crippen LogP contribution in [0.5, 0.6) is 0 Å². The van der Waals surface area contributed by atoms with Crippen molar-refractivity contribution in [1.82, 2.24) is 10.3 Å². The number of hydrogen-bond donors (Lipinski definition) is 2. The molecule has 1 aromatic heterocycles. The number of nitrogens with zero attached hydrogens (tertiary/aromatic N) is 1. The summed E-state index contributed by atoms with van der Waals surface area (Å²) < 4.78 is 12.5. The van der Waals surface area contributed by atoms with Crippen molar-refractivity contribution in [2.45, 2.75) is 19.4 Å². The number of amides is 1. The van der Waals surface area contributed by atoms with Gasteiger partial charge in [0.2, 0.25) is 0 Å². The number of carboxylic acid groups (broad SMARTS) is 1. The predicted octanol–water partition coefficient (Wildman–Crippen LogP) is 0.814. The first-order chi connectivity index (χ1) is 7.49. The summed E-state index contributed by atoms with van der Waals surface area (Å²) in [5.74, 6) is -2.05. The van der Waals surface area contributed by atoms with Crippen molar-refractivity contribution < 1.29 is 19.1 Å². The van der Waals surface area contributed by atoms with E-state index in [0.29, 0.717) is 0 Å². The molecule has 0 bridgehead atoms. The molecule has 0 aliphatic carbocycles. The summed E-state index contributed by atoms with van der Waals surface area (Å²) in [6.07, 6.45) is 0.754. The number of halogens is 1. The molecule has 1 heterocycles. The molecule has 1 unspecified atom stereocenters. The standard InChI is InChI=1S/C10H11FN2O3/c1-6(4-9(14)15)13-10(16)8-3-2-7(11)5-12-8/h2-3,5-6H,4H2,1H3,(H,13,16)(H,14,15). The molecule has 2 N–H and O–H groups in total. The Morgan fingerprint density at radius 3 is 2.75 bits per heavy atom. The summed E-state index contributed by atoms with van der Waals surface area (Å²) in [5.41, 5.74) is 0.0543. The van der Waals surface area contributed by atoms with Crippen LogP contribution in [0.25, 0.3) is 0 Å². The number of carbonyl (C=O) groups excluding carboxylic acids is 1. The van der Waals surface area contributed by atoms with Crippen LogP contribution in [0.1, 0.15) is 23.8 Å². The quantitative estimate of drug-likeness (QED) is 0.796. The molecule has 0 saturated carbocycles. The molecule has 0 aromatic carbocycles. The number of nitrogens with one attached hydrogen (secondary N) is 1. The van der Waals surface area contributed by atoms with Gasteiger partial charge < -0.3 is 10.4 Å². The van der Waals surface area contributed by atoms with Crippen molar-refractivity contribution >= 4 is 11.9 Å². The number of aromatic nitrogens is 1. The second-order valence-electron chi connectivity index (χ2n) is 3.33. The highest BCUT2D eigenvalue weighted by Crippen LogP contribution is 1.99. The summed E-state index contributed by atoms with van der Waals surface area (Å²) >= 11 is 0. The average Bonchev–Trinajstić information content (AvgIpc) is 2.16. The Labute approximate surface area is 91.3 Å². The lowest BCUT2D eigenvalue weighted by Crippen LogP contribution is -2.34. The van der Waals surface area contributed by atoms with Gasteiger partial charge in [0.15, 0.2) is 0 Å². The minimum absolute atomic E-state index is 0.0543. The largest absolute Gasteiger partial charge is 0.481 e. The second-order valence-corrected chi connectivity index (χ2v) is 3.33. The molecule has 1 aromatic rings. The molecule has 6 heteroatoms. The number of rotatable bonds is 4. The molecule has 5 nitrogen and oxygen atoms in total. The molecule has 0 saturated heterocycles. The maximum Gasteiger partial charge on any atom is 0.305 e. The van der Waals surface area contributed by atoms with Crippen LogP contribution in [0.3, 0.4) is 0 Å². The third kappa shape index (κ3) is 3.64. The van der Waals surface area contributed by atoms with E-state index in [4.69, 9.17) is 5.11 Å². The number of carbonyl (C=O) groups is 2. The van der Waals surface area contributed by atoms with Gasteiger partial charge in [-0.25, -0.2) is 9.37 Å². The Morgan fingerprint density at radius 2 is 2.25 bits per heavy atom. The summed E-state index contributed by atoms with van der Waals surface area (Å²) in [4.78, 5) is 25.4. The van der Waals surface area contributed by atoms with E-state index < -0.39 is 23.7 Å². The van der Waals surface area contributed by atoms with Gasteiger partial charge in [-0.1, -0.05) is 0 Å². The van der Waals surface area contributed by atoms with Crippen molar-refractivity contribution in [2.24, 2.45) is 0 Å². The summed E-state index contributed by atoms with van der Waals surface area (Å²) in [6, 6.07) is 1.85. The van der Waals surface area contributed by atoms with Crippen LogP contribution in [-0.4, -0.2) is 28.0 Å². The van der Waals surface area contributed by atoms with Crippen molar-refractivity contribution in [3.05, 3.63) is 29.8 Å². The summed E-state index contributed by atoms with van der Waals surface area (Å²) in [6.45, 7) is 1.57. The molecule has 1 atom stereocenters. The van der Waals surface area contributed by atoms with Gasteiger partial charge in [0.1, 0.15) is 11.5 Å². The molecule has 86 valence electrons. The number of carboxylic acids is 1. The van der Waals surface area contributed by atoms with E-state index in [9.17, 15) is 14.0 Å². The lowest BCUT2D eigenvalue weighted by molar-refractivity contribution is -0.137. The van der Waals surface area contributed by atoms with Crippen LogP contribution >= 0.6 is 0 Å². The van der Waals surface area contributed by atoms with E-state index in [1.165, 1.54) is 6.07 Å². The van der Waals surface area contributed by atoms with Gasteiger partial charge in [-0.05, 0) is 19.1 Å². The molecule has 1 rings (SSSR count). The lowest BCUT2D eigenvalue weighted by atomic mass is 10.2. The number of pyridine rings is 1. The van der Waals surface area contributed by atoms with E-state index in [-0.39, 0.29) is 12.1 Å². The van der Waals surface area contributed by atoms with Crippen LogP contribution < -0.4 is 5.32 Å². The Hall–Kier alpha value is -1.98. The molecular formula is C10H11FN2O3. The zero-order valence-corrected chi connectivity index (χ0v) is 8.61. The molecule has 16 heavy (non-hydrogen) atoms. The van der Waals surface area contributed by atoms with E-state index in [0.717, 1.165) is 12.3 Å². The van der Waals surface area contributed by atoms with Gasteiger partial charge in [-0.15, -0.1) is 0 Å². The highest BCUT2D eigenvalue weighted by molar-refractivity contribution is 5.92. The number of hydrogen-bond acceptors (Lipinski definition) is 3. The maximum atomic E-state index is 12.5. The molecule has 0 radical (unpaired) electrons. The zero-order valence-electron chi connectivity index (χ0n) is 8.61. The molecule has 1 amide bonds. The monoisotopic (exact) mass is 226 g/mol. The molecule has 0 aliphatic rings. The van der Waals surface area contributed by atoms with Crippen LogP contribution in [0.2, 0.25) is 0 Å². The van der Waals surface area contributed by atoms with Gasteiger partial charge in [0.25, 0.3) is 5.91 Å². The van der Waals surface area contributed by atoms with Gasteiger partial charge >= 0.3 is 5.97 Å². The zero-order chi connectivity index (χ0) is 12.1. The van der Waals surface area contributed by atoms with Crippen molar-refractivity contribution in [1.29, 1.82) is 0 Å². The Balaban J connectivity index is 2.58. The molecule has 0 fully saturated rings. The molecular weight excluding hydrogens is 215 g/mol. The molecule has 0 aliphatic heterocycles. The van der Waals surface area contributed by atoms with Crippen LogP contribution in [-0.2, 0) is 4.79 Å². The third-order valence-corrected chi connectivity index (χ3v) is 1.82. The fourth-order valence-electron chi connectivity index (χ4n) is 1.12. The van der Waals surface area contributed by atoms with Crippen LogP contribution in [0.4, 0.5) is 4.39 Å². The summed E-state index contributed by atoms with van der Waals surface area (Å²) in [7, 11) is 0. The van der Waals surface area contributed by atoms with Crippen molar-refractivity contribution in [3.63, 3.8) is 0 Å². The first-order valence-corrected chi connectivity index (χ1v) is 4.63. The van der Waals surface area contributed by atoms with Gasteiger partial charge in [0, 0.05) is 6.04 Å². The second kappa shape index (κ2) is 5.20. The van der Waals surface area contributed by atoms with Crippen molar-refractivity contribution in [2.75, 3.05) is 0 Å². The first-order valence-electron chi connectivity index (χ1n) is 4.63. The van der Waals surface area contributed by atoms with Gasteiger partial charge in [-0.2, -0.15) is 0 Å². The van der Waals surface area contributed by atoms with E-state index in [1.807, 2.05) is 0 Å². The Morgan fingerprint density at radius 1 is 1.56 bits per heavy atom. The average molecular weight is 226 g/mol. The lowest BCUT2D eigenvalue weighted by Gasteiger charge is -2.10. The Bertz CT molecular complexity index is 392. The molecule has 0 spiro atoms. The SMILES string of the molecule is CC(CC(=O)O)NC(=O)c1ccc(F)cn1. The van der Waals surface area contributed by atoms with Gasteiger partial charge in [0.05, 0.1) is 12.6 Å². The van der Waals surface area contributed by atoms with Crippen LogP contribution in [0.15, 0.2) is 18.3 Å². The van der Waals surface area contributed by atoms with E-state index >= 15 is 0 Å². The Kier molecular flexibility index (Phi) is 3.93. The fraction of sp³-hybridized carbons (Fsp3) is 0.300. The smallest absolute Gasteiger partial charge is 0.305 e. The third-order valence-electron chi connectivity index (χ3n) is 1.82. The highest BCUT2D eigenvalue weighted by Gasteiger charge is 2.13. The topological polar surface area (TPSA) is 79.3 Å². The van der Waals surface area contributed by atoms with Crippen LogP contribution in [0, 0.1) is 5.82 Å².